The summed E-state index contributed by atoms with van der Waals surface area (Å²) in [4.78, 5) is 24.7. The molecule has 0 aliphatic heterocycles. The summed E-state index contributed by atoms with van der Waals surface area (Å²) in [7, 11) is 0. The predicted molar refractivity (Wildman–Crippen MR) is 52.2 cm³/mol. The molecule has 0 aliphatic rings. The van der Waals surface area contributed by atoms with E-state index in [0.717, 1.165) is 0 Å². The Balaban J connectivity index is 2.77. The number of aliphatic hydroxyl groups excluding tert-OH is 1. The van der Waals surface area contributed by atoms with E-state index in [-0.39, 0.29) is 18.0 Å². The first kappa shape index (κ1) is 11.3. The molecule has 80 valence electrons. The van der Waals surface area contributed by atoms with Gasteiger partial charge in [0.25, 0.3) is 0 Å². The Bertz CT molecular complexity index is 325. The van der Waals surface area contributed by atoms with Crippen molar-refractivity contribution in [2.75, 3.05) is 13.2 Å². The van der Waals surface area contributed by atoms with E-state index in [0.29, 0.717) is 31.3 Å². The Morgan fingerprint density at radius 1 is 1.27 bits per heavy atom. The molecule has 0 aromatic carbocycles. The molecule has 5 heteroatoms. The SMILES string of the molecule is O=Cc1cc(OCCCO)cc(C=O)n1. The summed E-state index contributed by atoms with van der Waals surface area (Å²) >= 11 is 0. The quantitative estimate of drug-likeness (QED) is 0.544. The molecule has 0 fully saturated rings. The van der Waals surface area contributed by atoms with Gasteiger partial charge in [0, 0.05) is 25.2 Å². The first-order valence-corrected chi connectivity index (χ1v) is 4.46. The molecule has 0 amide bonds. The van der Waals surface area contributed by atoms with Gasteiger partial charge in [0.05, 0.1) is 6.61 Å². The molecule has 1 aromatic rings. The molecule has 1 heterocycles. The number of hydrogen-bond acceptors (Lipinski definition) is 5. The van der Waals surface area contributed by atoms with Crippen molar-refractivity contribution in [1.82, 2.24) is 4.98 Å². The maximum absolute atomic E-state index is 10.5. The van der Waals surface area contributed by atoms with E-state index in [4.69, 9.17) is 9.84 Å². The lowest BCUT2D eigenvalue weighted by Crippen LogP contribution is -2.02. The largest absolute Gasteiger partial charge is 0.493 e. The molecule has 0 unspecified atom stereocenters. The Morgan fingerprint density at radius 3 is 2.33 bits per heavy atom. The van der Waals surface area contributed by atoms with Crippen molar-refractivity contribution in [3.05, 3.63) is 23.5 Å². The van der Waals surface area contributed by atoms with Gasteiger partial charge in [-0.3, -0.25) is 9.59 Å². The third-order valence-electron chi connectivity index (χ3n) is 1.65. The minimum atomic E-state index is 0.0339. The zero-order chi connectivity index (χ0) is 11.1. The van der Waals surface area contributed by atoms with Crippen molar-refractivity contribution in [1.29, 1.82) is 0 Å². The van der Waals surface area contributed by atoms with E-state index < -0.39 is 0 Å². The number of nitrogens with zero attached hydrogens (tertiary/aromatic N) is 1. The van der Waals surface area contributed by atoms with Crippen molar-refractivity contribution < 1.29 is 19.4 Å². The third kappa shape index (κ3) is 3.47. The normalized spacial score (nSPS) is 9.67. The minimum absolute atomic E-state index is 0.0339. The van der Waals surface area contributed by atoms with Crippen LogP contribution < -0.4 is 4.74 Å². The average molecular weight is 209 g/mol. The van der Waals surface area contributed by atoms with Crippen molar-refractivity contribution >= 4 is 12.6 Å². The molecule has 5 nitrogen and oxygen atoms in total. The summed E-state index contributed by atoms with van der Waals surface area (Å²) < 4.78 is 5.21. The number of carbonyl (C=O) groups is 2. The van der Waals surface area contributed by atoms with Crippen molar-refractivity contribution in [2.45, 2.75) is 6.42 Å². The second kappa shape index (κ2) is 5.87. The van der Waals surface area contributed by atoms with E-state index in [2.05, 4.69) is 4.98 Å². The highest BCUT2D eigenvalue weighted by molar-refractivity contribution is 5.78. The highest BCUT2D eigenvalue weighted by Crippen LogP contribution is 2.12. The minimum Gasteiger partial charge on any atom is -0.493 e. The summed E-state index contributed by atoms with van der Waals surface area (Å²) in [5.41, 5.74) is 0.303. The average Bonchev–Trinajstić information content (AvgIpc) is 2.29. The van der Waals surface area contributed by atoms with Gasteiger partial charge < -0.3 is 9.84 Å². The standard InChI is InChI=1S/C10H11NO4/c12-2-1-3-15-10-4-8(6-13)11-9(5-10)7-14/h4-7,12H,1-3H2. The van der Waals surface area contributed by atoms with E-state index >= 15 is 0 Å². The number of pyridine rings is 1. The number of hydrogen-bond donors (Lipinski definition) is 1. The van der Waals surface area contributed by atoms with Gasteiger partial charge in [-0.05, 0) is 0 Å². The monoisotopic (exact) mass is 209 g/mol. The summed E-state index contributed by atoms with van der Waals surface area (Å²) in [6.45, 7) is 0.364. The van der Waals surface area contributed by atoms with Crippen LogP contribution in [0.15, 0.2) is 12.1 Å². The topological polar surface area (TPSA) is 76.5 Å². The lowest BCUT2D eigenvalue weighted by molar-refractivity contribution is 0.111. The first-order valence-electron chi connectivity index (χ1n) is 4.46. The van der Waals surface area contributed by atoms with Gasteiger partial charge in [-0.2, -0.15) is 0 Å². The van der Waals surface area contributed by atoms with Crippen LogP contribution in [0.2, 0.25) is 0 Å². The fraction of sp³-hybridized carbons (Fsp3) is 0.300. The lowest BCUT2D eigenvalue weighted by atomic mass is 10.3. The van der Waals surface area contributed by atoms with Gasteiger partial charge >= 0.3 is 0 Å². The lowest BCUT2D eigenvalue weighted by Gasteiger charge is -2.05. The Labute approximate surface area is 86.7 Å². The molecule has 0 aliphatic carbocycles. The predicted octanol–water partition coefficient (Wildman–Crippen LogP) is 0.468. The molecular formula is C10H11NO4. The molecular weight excluding hydrogens is 198 g/mol. The number of aliphatic hydroxyl groups is 1. The zero-order valence-corrected chi connectivity index (χ0v) is 8.05. The fourth-order valence-electron chi connectivity index (χ4n) is 1.01. The second-order valence-electron chi connectivity index (χ2n) is 2.81. The summed E-state index contributed by atoms with van der Waals surface area (Å²) in [5.74, 6) is 0.405. The van der Waals surface area contributed by atoms with Crippen LogP contribution in [-0.2, 0) is 0 Å². The summed E-state index contributed by atoms with van der Waals surface area (Å²) in [6.07, 6.45) is 1.59. The zero-order valence-electron chi connectivity index (χ0n) is 8.05. The van der Waals surface area contributed by atoms with Crippen LogP contribution in [0.4, 0.5) is 0 Å². The summed E-state index contributed by atoms with van der Waals surface area (Å²) in [6, 6.07) is 2.88. The Hall–Kier alpha value is -1.75. The number of aldehydes is 2. The van der Waals surface area contributed by atoms with Crippen LogP contribution in [0.5, 0.6) is 5.75 Å². The van der Waals surface area contributed by atoms with Gasteiger partial charge in [0.15, 0.2) is 12.6 Å². The third-order valence-corrected chi connectivity index (χ3v) is 1.65. The number of aromatic nitrogens is 1. The Morgan fingerprint density at radius 2 is 1.87 bits per heavy atom. The smallest absolute Gasteiger partial charge is 0.168 e. The molecule has 1 aromatic heterocycles. The van der Waals surface area contributed by atoms with E-state index in [1.165, 1.54) is 12.1 Å². The highest BCUT2D eigenvalue weighted by Gasteiger charge is 2.02. The molecule has 1 N–H and O–H groups in total. The number of carbonyl (C=O) groups excluding carboxylic acids is 2. The maximum Gasteiger partial charge on any atom is 0.168 e. The number of ether oxygens (including phenoxy) is 1. The second-order valence-corrected chi connectivity index (χ2v) is 2.81. The van der Waals surface area contributed by atoms with Gasteiger partial charge in [-0.25, -0.2) is 4.98 Å². The van der Waals surface area contributed by atoms with Gasteiger partial charge in [-0.15, -0.1) is 0 Å². The molecule has 15 heavy (non-hydrogen) atoms. The fourth-order valence-corrected chi connectivity index (χ4v) is 1.01. The molecule has 1 rings (SSSR count). The van der Waals surface area contributed by atoms with E-state index in [9.17, 15) is 9.59 Å². The van der Waals surface area contributed by atoms with Crippen LogP contribution in [0.3, 0.4) is 0 Å². The molecule has 0 saturated carbocycles. The first-order chi connectivity index (χ1) is 7.30. The maximum atomic E-state index is 10.5. The van der Waals surface area contributed by atoms with Crippen molar-refractivity contribution in [2.24, 2.45) is 0 Å². The van der Waals surface area contributed by atoms with Gasteiger partial charge in [0.2, 0.25) is 0 Å². The highest BCUT2D eigenvalue weighted by atomic mass is 16.5. The van der Waals surface area contributed by atoms with E-state index in [1.807, 2.05) is 0 Å². The van der Waals surface area contributed by atoms with Gasteiger partial charge in [0.1, 0.15) is 17.1 Å². The Kier molecular flexibility index (Phi) is 4.43. The molecule has 0 bridgehead atoms. The molecule has 0 spiro atoms. The van der Waals surface area contributed by atoms with Crippen LogP contribution in [0.25, 0.3) is 0 Å². The van der Waals surface area contributed by atoms with E-state index in [1.54, 1.807) is 0 Å². The van der Waals surface area contributed by atoms with Crippen LogP contribution in [0.1, 0.15) is 27.4 Å². The summed E-state index contributed by atoms with van der Waals surface area (Å²) in [5, 5.41) is 8.54. The van der Waals surface area contributed by atoms with Crippen LogP contribution in [0, 0.1) is 0 Å². The molecule has 0 radical (unpaired) electrons. The van der Waals surface area contributed by atoms with Crippen LogP contribution >= 0.6 is 0 Å². The molecule has 0 atom stereocenters. The molecule has 0 saturated heterocycles. The van der Waals surface area contributed by atoms with Crippen molar-refractivity contribution in [3.8, 4) is 5.75 Å². The van der Waals surface area contributed by atoms with Crippen molar-refractivity contribution in [3.63, 3.8) is 0 Å². The van der Waals surface area contributed by atoms with Crippen LogP contribution in [-0.4, -0.2) is 35.9 Å². The number of rotatable bonds is 6. The van der Waals surface area contributed by atoms with Gasteiger partial charge in [-0.1, -0.05) is 0 Å².